The number of hydrogen-bond donors (Lipinski definition) is 0. The number of hydrogen-bond acceptors (Lipinski definition) is 2. The Morgan fingerprint density at radius 3 is 2.05 bits per heavy atom. The van der Waals surface area contributed by atoms with Crippen molar-refractivity contribution in [3.8, 4) is 5.75 Å². The summed E-state index contributed by atoms with van der Waals surface area (Å²) in [6, 6.07) is 20.7. The second kappa shape index (κ2) is 8.82. The highest BCUT2D eigenvalue weighted by Crippen LogP contribution is 2.24. The van der Waals surface area contributed by atoms with Crippen LogP contribution < -0.4 is 4.74 Å². The molecule has 2 nitrogen and oxygen atoms in total. The maximum absolute atomic E-state index is 6.26. The van der Waals surface area contributed by atoms with Gasteiger partial charge in [-0.2, -0.15) is 0 Å². The number of ether oxygens (including phenoxy) is 1. The maximum Gasteiger partial charge on any atom is 0.136 e. The standard InChI is InChI=1S/C19H23NO.ClH/c1-4-10-17(11-5-1)19(16-20-14-8-3-9-15-20)21-18-12-6-2-7-13-18;/h1-2,4-7,10-13,19H,3,8-9,14-16H2;1H. The van der Waals surface area contributed by atoms with Gasteiger partial charge < -0.3 is 4.74 Å². The fourth-order valence-electron chi connectivity index (χ4n) is 2.92. The third-order valence-corrected chi connectivity index (χ3v) is 4.07. The summed E-state index contributed by atoms with van der Waals surface area (Å²) in [6.45, 7) is 3.36. The minimum atomic E-state index is 0. The summed E-state index contributed by atoms with van der Waals surface area (Å²) >= 11 is 0. The lowest BCUT2D eigenvalue weighted by Gasteiger charge is -2.31. The zero-order valence-corrected chi connectivity index (χ0v) is 13.7. The van der Waals surface area contributed by atoms with E-state index in [1.807, 2.05) is 30.3 Å². The third-order valence-electron chi connectivity index (χ3n) is 4.07. The van der Waals surface area contributed by atoms with Gasteiger partial charge in [-0.25, -0.2) is 0 Å². The molecule has 0 aliphatic carbocycles. The van der Waals surface area contributed by atoms with Crippen molar-refractivity contribution in [3.05, 3.63) is 66.2 Å². The second-order valence-corrected chi connectivity index (χ2v) is 5.69. The van der Waals surface area contributed by atoms with Gasteiger partial charge in [-0.1, -0.05) is 55.0 Å². The predicted molar refractivity (Wildman–Crippen MR) is 93.8 cm³/mol. The van der Waals surface area contributed by atoms with Crippen molar-refractivity contribution in [2.75, 3.05) is 19.6 Å². The zero-order valence-electron chi connectivity index (χ0n) is 12.9. The topological polar surface area (TPSA) is 12.5 Å². The van der Waals surface area contributed by atoms with Gasteiger partial charge in [-0.3, -0.25) is 4.90 Å². The van der Waals surface area contributed by atoms with Crippen LogP contribution in [0.3, 0.4) is 0 Å². The lowest BCUT2D eigenvalue weighted by molar-refractivity contribution is 0.119. The quantitative estimate of drug-likeness (QED) is 0.791. The molecule has 0 bridgehead atoms. The summed E-state index contributed by atoms with van der Waals surface area (Å²) in [5.41, 5.74) is 1.26. The van der Waals surface area contributed by atoms with Crippen LogP contribution >= 0.6 is 12.4 Å². The van der Waals surface area contributed by atoms with E-state index < -0.39 is 0 Å². The molecule has 0 radical (unpaired) electrons. The van der Waals surface area contributed by atoms with Gasteiger partial charge in [0.1, 0.15) is 11.9 Å². The SMILES string of the molecule is Cl.c1ccc(OC(CN2CCCCC2)c2ccccc2)cc1. The first-order valence-corrected chi connectivity index (χ1v) is 7.91. The number of benzene rings is 2. The van der Waals surface area contributed by atoms with Crippen LogP contribution in [-0.2, 0) is 0 Å². The van der Waals surface area contributed by atoms with Crippen molar-refractivity contribution in [1.29, 1.82) is 0 Å². The third kappa shape index (κ3) is 4.75. The minimum absolute atomic E-state index is 0. The summed E-state index contributed by atoms with van der Waals surface area (Å²) in [4.78, 5) is 2.53. The average Bonchev–Trinajstić information content (AvgIpc) is 2.57. The van der Waals surface area contributed by atoms with Crippen molar-refractivity contribution < 1.29 is 4.74 Å². The van der Waals surface area contributed by atoms with Gasteiger partial charge in [-0.05, 0) is 43.6 Å². The van der Waals surface area contributed by atoms with E-state index in [1.165, 1.54) is 37.9 Å². The van der Waals surface area contributed by atoms with Gasteiger partial charge in [0, 0.05) is 6.54 Å². The molecule has 0 spiro atoms. The van der Waals surface area contributed by atoms with Crippen LogP contribution in [0.2, 0.25) is 0 Å². The van der Waals surface area contributed by atoms with E-state index in [4.69, 9.17) is 4.74 Å². The molecule has 1 fully saturated rings. The molecule has 1 aliphatic rings. The predicted octanol–water partition coefficient (Wildman–Crippen LogP) is 4.71. The summed E-state index contributed by atoms with van der Waals surface area (Å²) in [5.74, 6) is 0.948. The Kier molecular flexibility index (Phi) is 6.75. The molecule has 2 aromatic carbocycles. The molecule has 1 saturated heterocycles. The molecule has 3 heteroatoms. The lowest BCUT2D eigenvalue weighted by Crippen LogP contribution is -2.35. The zero-order chi connectivity index (χ0) is 14.3. The molecule has 1 unspecified atom stereocenters. The molecule has 22 heavy (non-hydrogen) atoms. The van der Waals surface area contributed by atoms with Gasteiger partial charge in [0.05, 0.1) is 0 Å². The Bertz CT molecular complexity index is 526. The number of nitrogens with zero attached hydrogens (tertiary/aromatic N) is 1. The summed E-state index contributed by atoms with van der Waals surface area (Å²) < 4.78 is 6.26. The van der Waals surface area contributed by atoms with E-state index in [-0.39, 0.29) is 18.5 Å². The number of likely N-dealkylation sites (tertiary alicyclic amines) is 1. The average molecular weight is 318 g/mol. The van der Waals surface area contributed by atoms with E-state index in [2.05, 4.69) is 35.2 Å². The van der Waals surface area contributed by atoms with E-state index in [0.29, 0.717) is 0 Å². The molecule has 1 atom stereocenters. The van der Waals surface area contributed by atoms with Crippen LogP contribution in [0.5, 0.6) is 5.75 Å². The number of para-hydroxylation sites is 1. The van der Waals surface area contributed by atoms with Crippen molar-refractivity contribution >= 4 is 12.4 Å². The van der Waals surface area contributed by atoms with Crippen molar-refractivity contribution in [3.63, 3.8) is 0 Å². The van der Waals surface area contributed by atoms with E-state index in [9.17, 15) is 0 Å². The highest BCUT2D eigenvalue weighted by molar-refractivity contribution is 5.85. The van der Waals surface area contributed by atoms with Gasteiger partial charge in [0.25, 0.3) is 0 Å². The van der Waals surface area contributed by atoms with Crippen LogP contribution in [0, 0.1) is 0 Å². The van der Waals surface area contributed by atoms with E-state index >= 15 is 0 Å². The van der Waals surface area contributed by atoms with Crippen LogP contribution in [0.25, 0.3) is 0 Å². The molecular formula is C19H24ClNO. The van der Waals surface area contributed by atoms with E-state index in [0.717, 1.165) is 12.3 Å². The first kappa shape index (κ1) is 16.9. The summed E-state index contributed by atoms with van der Waals surface area (Å²) in [6.07, 6.45) is 4.10. The molecule has 0 N–H and O–H groups in total. The van der Waals surface area contributed by atoms with Crippen LogP contribution in [-0.4, -0.2) is 24.5 Å². The Morgan fingerprint density at radius 1 is 0.818 bits per heavy atom. The Balaban J connectivity index is 0.00000176. The highest BCUT2D eigenvalue weighted by atomic mass is 35.5. The van der Waals surface area contributed by atoms with E-state index in [1.54, 1.807) is 0 Å². The molecule has 1 aliphatic heterocycles. The first-order chi connectivity index (χ1) is 10.4. The summed E-state index contributed by atoms with van der Waals surface area (Å²) in [5, 5.41) is 0. The summed E-state index contributed by atoms with van der Waals surface area (Å²) in [7, 11) is 0. The van der Waals surface area contributed by atoms with Crippen molar-refractivity contribution in [2.24, 2.45) is 0 Å². The fraction of sp³-hybridized carbons (Fsp3) is 0.368. The smallest absolute Gasteiger partial charge is 0.136 e. The number of piperidine rings is 1. The number of rotatable bonds is 5. The van der Waals surface area contributed by atoms with Crippen LogP contribution in [0.15, 0.2) is 60.7 Å². The molecule has 1 heterocycles. The Labute approximate surface area is 139 Å². The molecule has 118 valence electrons. The largest absolute Gasteiger partial charge is 0.484 e. The van der Waals surface area contributed by atoms with Crippen molar-refractivity contribution in [1.82, 2.24) is 4.90 Å². The van der Waals surface area contributed by atoms with Crippen LogP contribution in [0.1, 0.15) is 30.9 Å². The minimum Gasteiger partial charge on any atom is -0.484 e. The molecule has 3 rings (SSSR count). The molecule has 2 aromatic rings. The van der Waals surface area contributed by atoms with Gasteiger partial charge in [0.2, 0.25) is 0 Å². The second-order valence-electron chi connectivity index (χ2n) is 5.69. The van der Waals surface area contributed by atoms with Gasteiger partial charge in [0.15, 0.2) is 0 Å². The molecule has 0 amide bonds. The Hall–Kier alpha value is -1.51. The van der Waals surface area contributed by atoms with Gasteiger partial charge in [-0.15, -0.1) is 12.4 Å². The molecule has 0 saturated carbocycles. The molecular weight excluding hydrogens is 294 g/mol. The lowest BCUT2D eigenvalue weighted by atomic mass is 10.1. The molecule has 0 aromatic heterocycles. The van der Waals surface area contributed by atoms with Crippen LogP contribution in [0.4, 0.5) is 0 Å². The maximum atomic E-state index is 6.26. The highest BCUT2D eigenvalue weighted by Gasteiger charge is 2.19. The monoisotopic (exact) mass is 317 g/mol. The van der Waals surface area contributed by atoms with Crippen molar-refractivity contribution in [2.45, 2.75) is 25.4 Å². The Morgan fingerprint density at radius 2 is 1.41 bits per heavy atom. The fourth-order valence-corrected chi connectivity index (χ4v) is 2.92. The first-order valence-electron chi connectivity index (χ1n) is 7.91. The number of halogens is 1. The van der Waals surface area contributed by atoms with Gasteiger partial charge >= 0.3 is 0 Å². The normalized spacial score (nSPS) is 16.5.